The molecule has 0 saturated heterocycles. The fraction of sp³-hybridized carbons (Fsp3) is 0.143. The summed E-state index contributed by atoms with van der Waals surface area (Å²) in [6, 6.07) is 10.1. The first-order valence-corrected chi connectivity index (χ1v) is 5.59. The Morgan fingerprint density at radius 3 is 2.53 bits per heavy atom. The van der Waals surface area contributed by atoms with Crippen LogP contribution in [0.1, 0.15) is 5.56 Å². The van der Waals surface area contributed by atoms with E-state index in [-0.39, 0.29) is 5.82 Å². The van der Waals surface area contributed by atoms with E-state index in [0.717, 1.165) is 11.1 Å². The average molecular weight is 251 g/mol. The zero-order valence-corrected chi connectivity index (χ0v) is 10.4. The molecule has 0 fully saturated rings. The summed E-state index contributed by atoms with van der Waals surface area (Å²) in [5, 5.41) is 0.678. The molecule has 0 bridgehead atoms. The molecule has 0 atom stereocenters. The van der Waals surface area contributed by atoms with Gasteiger partial charge in [0.05, 0.1) is 7.11 Å². The summed E-state index contributed by atoms with van der Waals surface area (Å²) in [4.78, 5) is 0. The lowest BCUT2D eigenvalue weighted by Crippen LogP contribution is -1.89. The van der Waals surface area contributed by atoms with Crippen molar-refractivity contribution in [1.82, 2.24) is 0 Å². The first-order chi connectivity index (χ1) is 8.11. The number of rotatable bonds is 2. The van der Waals surface area contributed by atoms with Crippen LogP contribution in [0.2, 0.25) is 5.02 Å². The zero-order valence-electron chi connectivity index (χ0n) is 9.63. The van der Waals surface area contributed by atoms with Crippen molar-refractivity contribution < 1.29 is 9.13 Å². The van der Waals surface area contributed by atoms with E-state index in [4.69, 9.17) is 16.3 Å². The fourth-order valence-electron chi connectivity index (χ4n) is 1.66. The van der Waals surface area contributed by atoms with Crippen LogP contribution in [0.3, 0.4) is 0 Å². The van der Waals surface area contributed by atoms with E-state index < -0.39 is 0 Å². The Labute approximate surface area is 105 Å². The summed E-state index contributed by atoms with van der Waals surface area (Å²) in [5.41, 5.74) is 2.24. The van der Waals surface area contributed by atoms with Crippen molar-refractivity contribution in [2.24, 2.45) is 0 Å². The van der Waals surface area contributed by atoms with Gasteiger partial charge in [-0.15, -0.1) is 0 Å². The highest BCUT2D eigenvalue weighted by molar-refractivity contribution is 6.31. The predicted molar refractivity (Wildman–Crippen MR) is 68.1 cm³/mol. The largest absolute Gasteiger partial charge is 0.497 e. The Morgan fingerprint density at radius 1 is 1.12 bits per heavy atom. The summed E-state index contributed by atoms with van der Waals surface area (Å²) >= 11 is 5.95. The van der Waals surface area contributed by atoms with Gasteiger partial charge in [0, 0.05) is 10.6 Å². The van der Waals surface area contributed by atoms with E-state index >= 15 is 0 Å². The van der Waals surface area contributed by atoms with Crippen molar-refractivity contribution in [2.75, 3.05) is 7.11 Å². The summed E-state index contributed by atoms with van der Waals surface area (Å²) in [6.45, 7) is 1.89. The van der Waals surface area contributed by atoms with Crippen LogP contribution in [0.5, 0.6) is 5.75 Å². The quantitative estimate of drug-likeness (QED) is 0.765. The minimum absolute atomic E-state index is 0.271. The molecule has 0 saturated carbocycles. The molecule has 0 unspecified atom stereocenters. The van der Waals surface area contributed by atoms with Crippen molar-refractivity contribution in [3.8, 4) is 16.9 Å². The third-order valence-corrected chi connectivity index (χ3v) is 3.07. The maximum atomic E-state index is 13.7. The molecule has 1 nitrogen and oxygen atoms in total. The van der Waals surface area contributed by atoms with E-state index in [2.05, 4.69) is 0 Å². The highest BCUT2D eigenvalue weighted by Crippen LogP contribution is 2.29. The molecule has 3 heteroatoms. The van der Waals surface area contributed by atoms with Crippen LogP contribution < -0.4 is 4.74 Å². The van der Waals surface area contributed by atoms with E-state index in [1.807, 2.05) is 13.0 Å². The second-order valence-electron chi connectivity index (χ2n) is 3.81. The van der Waals surface area contributed by atoms with Crippen LogP contribution in [-0.4, -0.2) is 7.11 Å². The lowest BCUT2D eigenvalue weighted by Gasteiger charge is -2.08. The first kappa shape index (κ1) is 11.9. The predicted octanol–water partition coefficient (Wildman–Crippen LogP) is 4.46. The van der Waals surface area contributed by atoms with Gasteiger partial charge in [-0.1, -0.05) is 17.7 Å². The van der Waals surface area contributed by atoms with Gasteiger partial charge >= 0.3 is 0 Å². The van der Waals surface area contributed by atoms with E-state index in [1.165, 1.54) is 6.07 Å². The van der Waals surface area contributed by atoms with Gasteiger partial charge < -0.3 is 4.74 Å². The van der Waals surface area contributed by atoms with Gasteiger partial charge in [0.2, 0.25) is 0 Å². The molecule has 88 valence electrons. The number of halogens is 2. The Hall–Kier alpha value is -1.54. The van der Waals surface area contributed by atoms with Crippen LogP contribution in [0, 0.1) is 12.7 Å². The van der Waals surface area contributed by atoms with Gasteiger partial charge in [-0.05, 0) is 48.4 Å². The van der Waals surface area contributed by atoms with E-state index in [9.17, 15) is 4.39 Å². The Morgan fingerprint density at radius 2 is 1.88 bits per heavy atom. The van der Waals surface area contributed by atoms with Crippen molar-refractivity contribution >= 4 is 11.6 Å². The normalized spacial score (nSPS) is 10.4. The number of hydrogen-bond acceptors (Lipinski definition) is 1. The Kier molecular flexibility index (Phi) is 3.34. The molecule has 0 aliphatic rings. The molecule has 0 aromatic heterocycles. The molecule has 0 spiro atoms. The molecule has 2 aromatic carbocycles. The number of ether oxygens (including phenoxy) is 1. The van der Waals surface area contributed by atoms with Gasteiger partial charge in [0.1, 0.15) is 11.6 Å². The van der Waals surface area contributed by atoms with Gasteiger partial charge in [-0.25, -0.2) is 4.39 Å². The second kappa shape index (κ2) is 4.76. The number of methoxy groups -OCH3 is 1. The molecule has 17 heavy (non-hydrogen) atoms. The number of hydrogen-bond donors (Lipinski definition) is 0. The molecule has 0 aliphatic heterocycles. The lowest BCUT2D eigenvalue weighted by molar-refractivity contribution is 0.414. The van der Waals surface area contributed by atoms with Crippen molar-refractivity contribution in [3.05, 3.63) is 52.8 Å². The Balaban J connectivity index is 2.55. The first-order valence-electron chi connectivity index (χ1n) is 5.22. The molecular formula is C14H12ClFO. The van der Waals surface area contributed by atoms with Crippen molar-refractivity contribution in [1.29, 1.82) is 0 Å². The second-order valence-corrected chi connectivity index (χ2v) is 4.22. The molecule has 0 aliphatic carbocycles. The zero-order chi connectivity index (χ0) is 12.4. The molecule has 0 radical (unpaired) electrons. The highest BCUT2D eigenvalue weighted by Gasteiger charge is 2.07. The Bertz CT molecular complexity index is 552. The molecular weight excluding hydrogens is 239 g/mol. The maximum absolute atomic E-state index is 13.7. The van der Waals surface area contributed by atoms with E-state index in [1.54, 1.807) is 31.4 Å². The summed E-state index contributed by atoms with van der Waals surface area (Å²) < 4.78 is 18.8. The SMILES string of the molecule is COc1ccc(F)c(-c2ccc(Cl)c(C)c2)c1. The van der Waals surface area contributed by atoms with Crippen LogP contribution >= 0.6 is 11.6 Å². The van der Waals surface area contributed by atoms with Gasteiger partial charge in [0.25, 0.3) is 0 Å². The number of benzene rings is 2. The molecule has 0 N–H and O–H groups in total. The molecule has 2 rings (SSSR count). The standard InChI is InChI=1S/C14H12ClFO/c1-9-7-10(3-5-13(9)15)12-8-11(17-2)4-6-14(12)16/h3-8H,1-2H3. The fourth-order valence-corrected chi connectivity index (χ4v) is 1.78. The lowest BCUT2D eigenvalue weighted by atomic mass is 10.0. The molecule has 0 heterocycles. The third-order valence-electron chi connectivity index (χ3n) is 2.64. The van der Waals surface area contributed by atoms with Crippen molar-refractivity contribution in [2.45, 2.75) is 6.92 Å². The van der Waals surface area contributed by atoms with Crippen LogP contribution in [0.25, 0.3) is 11.1 Å². The van der Waals surface area contributed by atoms with Crippen LogP contribution in [0.15, 0.2) is 36.4 Å². The molecule has 2 aromatic rings. The smallest absolute Gasteiger partial charge is 0.131 e. The molecule has 0 amide bonds. The highest BCUT2D eigenvalue weighted by atomic mass is 35.5. The summed E-state index contributed by atoms with van der Waals surface area (Å²) in [5.74, 6) is 0.363. The van der Waals surface area contributed by atoms with Crippen LogP contribution in [0.4, 0.5) is 4.39 Å². The average Bonchev–Trinajstić information content (AvgIpc) is 2.33. The van der Waals surface area contributed by atoms with Crippen LogP contribution in [-0.2, 0) is 0 Å². The van der Waals surface area contributed by atoms with Gasteiger partial charge in [-0.3, -0.25) is 0 Å². The summed E-state index contributed by atoms with van der Waals surface area (Å²) in [7, 11) is 1.56. The van der Waals surface area contributed by atoms with E-state index in [0.29, 0.717) is 16.3 Å². The summed E-state index contributed by atoms with van der Waals surface area (Å²) in [6.07, 6.45) is 0. The maximum Gasteiger partial charge on any atom is 0.131 e. The van der Waals surface area contributed by atoms with Crippen molar-refractivity contribution in [3.63, 3.8) is 0 Å². The minimum Gasteiger partial charge on any atom is -0.497 e. The third kappa shape index (κ3) is 2.42. The van der Waals surface area contributed by atoms with Gasteiger partial charge in [-0.2, -0.15) is 0 Å². The van der Waals surface area contributed by atoms with Gasteiger partial charge in [0.15, 0.2) is 0 Å². The minimum atomic E-state index is -0.271. The monoisotopic (exact) mass is 250 g/mol. The topological polar surface area (TPSA) is 9.23 Å². The number of aryl methyl sites for hydroxylation is 1.